The first-order valence-corrected chi connectivity index (χ1v) is 9.03. The minimum atomic E-state index is -4.50. The molecule has 0 atom stereocenters. The first kappa shape index (κ1) is 21.4. The van der Waals surface area contributed by atoms with Crippen LogP contribution in [-0.2, 0) is 16.2 Å². The Bertz CT molecular complexity index is 850. The monoisotopic (exact) mass is 413 g/mol. The van der Waals surface area contributed by atoms with E-state index in [0.717, 1.165) is 10.7 Å². The fourth-order valence-corrected chi connectivity index (χ4v) is 2.63. The molecular formula is C18H18F3N3O3S. The van der Waals surface area contributed by atoms with Crippen molar-refractivity contribution in [3.05, 3.63) is 52.0 Å². The number of benzene rings is 1. The third kappa shape index (κ3) is 7.78. The molecule has 1 heterocycles. The lowest BCUT2D eigenvalue weighted by Crippen LogP contribution is -2.40. The van der Waals surface area contributed by atoms with E-state index in [1.165, 1.54) is 23.5 Å². The number of nitrogens with zero attached hydrogens (tertiary/aromatic N) is 1. The highest BCUT2D eigenvalue weighted by Crippen LogP contribution is 2.21. The third-order valence-electron chi connectivity index (χ3n) is 3.28. The molecule has 0 spiro atoms. The van der Waals surface area contributed by atoms with E-state index in [0.29, 0.717) is 11.3 Å². The van der Waals surface area contributed by atoms with Gasteiger partial charge in [-0.1, -0.05) is 18.2 Å². The molecule has 0 saturated heterocycles. The number of aryl methyl sites for hydroxylation is 1. The smallest absolute Gasteiger partial charge is 0.405 e. The van der Waals surface area contributed by atoms with Gasteiger partial charge in [0.1, 0.15) is 18.9 Å². The molecule has 2 aromatic rings. The number of hydrogen-bond donors (Lipinski definition) is 2. The van der Waals surface area contributed by atoms with Crippen molar-refractivity contribution in [2.45, 2.75) is 19.7 Å². The lowest BCUT2D eigenvalue weighted by atomic mass is 10.2. The maximum atomic E-state index is 12.0. The van der Waals surface area contributed by atoms with E-state index in [4.69, 9.17) is 4.74 Å². The lowest BCUT2D eigenvalue weighted by Gasteiger charge is -2.09. The lowest BCUT2D eigenvalue weighted by molar-refractivity contribution is -0.138. The van der Waals surface area contributed by atoms with Crippen LogP contribution in [0.3, 0.4) is 0 Å². The summed E-state index contributed by atoms with van der Waals surface area (Å²) in [5.74, 6) is -1.01. The second-order valence-electron chi connectivity index (χ2n) is 5.63. The number of hydrogen-bond acceptors (Lipinski definition) is 5. The molecule has 10 heteroatoms. The quantitative estimate of drug-likeness (QED) is 0.653. The second kappa shape index (κ2) is 9.88. The molecule has 1 aromatic carbocycles. The molecule has 28 heavy (non-hydrogen) atoms. The van der Waals surface area contributed by atoms with Crippen LogP contribution in [0.15, 0.2) is 35.7 Å². The Labute approximate surface area is 163 Å². The average Bonchev–Trinajstić information content (AvgIpc) is 3.06. The van der Waals surface area contributed by atoms with Crippen LogP contribution in [0.1, 0.15) is 16.3 Å². The fraction of sp³-hybridized carbons (Fsp3) is 0.278. The van der Waals surface area contributed by atoms with Gasteiger partial charge >= 0.3 is 6.18 Å². The molecule has 6 nitrogen and oxygen atoms in total. The zero-order valence-electron chi connectivity index (χ0n) is 14.9. The molecule has 150 valence electrons. The van der Waals surface area contributed by atoms with E-state index < -0.39 is 31.1 Å². The van der Waals surface area contributed by atoms with Gasteiger partial charge in [-0.15, -0.1) is 11.3 Å². The summed E-state index contributed by atoms with van der Waals surface area (Å²) in [5, 5.41) is 6.71. The van der Waals surface area contributed by atoms with Crippen LogP contribution in [-0.4, -0.2) is 36.1 Å². The molecule has 2 N–H and O–H groups in total. The van der Waals surface area contributed by atoms with Crippen molar-refractivity contribution >= 4 is 29.2 Å². The van der Waals surface area contributed by atoms with Crippen molar-refractivity contribution in [1.82, 2.24) is 15.6 Å². The number of nitrogens with one attached hydrogen (secondary N) is 2. The van der Waals surface area contributed by atoms with Crippen molar-refractivity contribution in [1.29, 1.82) is 0 Å². The van der Waals surface area contributed by atoms with Gasteiger partial charge in [0.2, 0.25) is 11.8 Å². The van der Waals surface area contributed by atoms with Gasteiger partial charge in [-0.2, -0.15) is 13.2 Å². The molecule has 0 unspecified atom stereocenters. The highest BCUT2D eigenvalue weighted by molar-refractivity contribution is 7.09. The molecule has 0 radical (unpaired) electrons. The molecule has 0 saturated carbocycles. The van der Waals surface area contributed by atoms with Gasteiger partial charge in [0.15, 0.2) is 0 Å². The Morgan fingerprint density at radius 3 is 2.68 bits per heavy atom. The topological polar surface area (TPSA) is 80.3 Å². The Morgan fingerprint density at radius 1 is 1.25 bits per heavy atom. The van der Waals surface area contributed by atoms with Crippen LogP contribution >= 0.6 is 11.3 Å². The Kier molecular flexibility index (Phi) is 7.56. The summed E-state index contributed by atoms with van der Waals surface area (Å²) in [7, 11) is 0. The van der Waals surface area contributed by atoms with Gasteiger partial charge in [-0.25, -0.2) is 4.98 Å². The number of halogens is 3. The van der Waals surface area contributed by atoms with E-state index in [1.807, 2.05) is 12.3 Å². The van der Waals surface area contributed by atoms with Gasteiger partial charge in [-0.3, -0.25) is 9.59 Å². The van der Waals surface area contributed by atoms with E-state index in [-0.39, 0.29) is 6.61 Å². The number of alkyl halides is 3. The minimum Gasteiger partial charge on any atom is -0.487 e. The zero-order valence-corrected chi connectivity index (χ0v) is 15.7. The number of aromatic nitrogens is 1. The predicted molar refractivity (Wildman–Crippen MR) is 98.7 cm³/mol. The van der Waals surface area contributed by atoms with Crippen LogP contribution in [0.25, 0.3) is 6.08 Å². The number of carbonyl (C=O) groups is 2. The second-order valence-corrected chi connectivity index (χ2v) is 6.69. The molecule has 2 rings (SSSR count). The van der Waals surface area contributed by atoms with Crippen LogP contribution in [0.2, 0.25) is 0 Å². The summed E-state index contributed by atoms with van der Waals surface area (Å²) in [5.41, 5.74) is 1.43. The average molecular weight is 413 g/mol. The van der Waals surface area contributed by atoms with Crippen LogP contribution in [0.5, 0.6) is 5.75 Å². The van der Waals surface area contributed by atoms with Crippen molar-refractivity contribution in [3.8, 4) is 5.75 Å². The van der Waals surface area contributed by atoms with Gasteiger partial charge < -0.3 is 15.4 Å². The molecule has 0 aliphatic carbocycles. The third-order valence-corrected chi connectivity index (χ3v) is 4.11. The van der Waals surface area contributed by atoms with Crippen LogP contribution in [0.4, 0.5) is 13.2 Å². The van der Waals surface area contributed by atoms with Gasteiger partial charge in [-0.05, 0) is 19.1 Å². The number of carbonyl (C=O) groups excluding carboxylic acids is 2. The molecule has 2 amide bonds. The standard InChI is InChI=1S/C18H18F3N3O3S/c1-12-24-14(10-28-12)9-27-15-5-3-2-4-13(15)6-7-16(25)22-8-17(26)23-11-18(19,20)21/h2-7,10H,8-9,11H2,1H3,(H,22,25)(H,23,26). The maximum Gasteiger partial charge on any atom is 0.405 e. The van der Waals surface area contributed by atoms with Crippen molar-refractivity contribution in [2.24, 2.45) is 0 Å². The molecule has 1 aromatic heterocycles. The van der Waals surface area contributed by atoms with Crippen molar-refractivity contribution < 1.29 is 27.5 Å². The molecule has 0 fully saturated rings. The van der Waals surface area contributed by atoms with E-state index >= 15 is 0 Å². The molecule has 0 aliphatic rings. The van der Waals surface area contributed by atoms with Gasteiger partial charge in [0.05, 0.1) is 17.2 Å². The maximum absolute atomic E-state index is 12.0. The van der Waals surface area contributed by atoms with Crippen molar-refractivity contribution in [2.75, 3.05) is 13.1 Å². The number of ether oxygens (including phenoxy) is 1. The van der Waals surface area contributed by atoms with Gasteiger partial charge in [0, 0.05) is 17.0 Å². The SMILES string of the molecule is Cc1nc(COc2ccccc2C=CC(=O)NCC(=O)NCC(F)(F)F)cs1. The summed E-state index contributed by atoms with van der Waals surface area (Å²) >= 11 is 1.52. The summed E-state index contributed by atoms with van der Waals surface area (Å²) in [6.45, 7) is 0.176. The zero-order chi connectivity index (χ0) is 20.6. The Morgan fingerprint density at radius 2 is 2.00 bits per heavy atom. The number of para-hydroxylation sites is 1. The van der Waals surface area contributed by atoms with Crippen LogP contribution in [0, 0.1) is 6.92 Å². The van der Waals surface area contributed by atoms with E-state index in [2.05, 4.69) is 10.3 Å². The van der Waals surface area contributed by atoms with Crippen LogP contribution < -0.4 is 15.4 Å². The summed E-state index contributed by atoms with van der Waals surface area (Å²) in [4.78, 5) is 27.3. The van der Waals surface area contributed by atoms with Crippen molar-refractivity contribution in [3.63, 3.8) is 0 Å². The Hall–Kier alpha value is -2.88. The molecule has 0 aliphatic heterocycles. The minimum absolute atomic E-state index is 0.279. The highest BCUT2D eigenvalue weighted by atomic mass is 32.1. The van der Waals surface area contributed by atoms with E-state index in [1.54, 1.807) is 29.6 Å². The number of rotatable bonds is 8. The number of thiazole rings is 1. The van der Waals surface area contributed by atoms with E-state index in [9.17, 15) is 22.8 Å². The molecule has 0 bridgehead atoms. The highest BCUT2D eigenvalue weighted by Gasteiger charge is 2.27. The summed E-state index contributed by atoms with van der Waals surface area (Å²) in [6, 6.07) is 7.02. The largest absolute Gasteiger partial charge is 0.487 e. The summed E-state index contributed by atoms with van der Waals surface area (Å²) < 4.78 is 41.7. The Balaban J connectivity index is 1.85. The molecular weight excluding hydrogens is 395 g/mol. The number of amides is 2. The normalized spacial score (nSPS) is 11.4. The first-order valence-electron chi connectivity index (χ1n) is 8.15. The first-order chi connectivity index (χ1) is 13.2. The predicted octanol–water partition coefficient (Wildman–Crippen LogP) is 2.84. The summed E-state index contributed by atoms with van der Waals surface area (Å²) in [6.07, 6.45) is -1.84. The van der Waals surface area contributed by atoms with Gasteiger partial charge in [0.25, 0.3) is 0 Å². The fourth-order valence-electron chi connectivity index (χ4n) is 2.03.